The van der Waals surface area contributed by atoms with Gasteiger partial charge in [0.25, 0.3) is 0 Å². The van der Waals surface area contributed by atoms with Crippen LogP contribution in [0.15, 0.2) is 24.5 Å². The number of benzene rings is 1. The van der Waals surface area contributed by atoms with E-state index in [0.717, 1.165) is 57.0 Å². The molecule has 1 aromatic carbocycles. The Kier molecular flexibility index (Phi) is 6.54. The zero-order valence-electron chi connectivity index (χ0n) is 21.0. The molecule has 0 bridgehead atoms. The fourth-order valence-corrected chi connectivity index (χ4v) is 6.64. The fraction of sp³-hybridized carbons (Fsp3) is 0.481. The van der Waals surface area contributed by atoms with Crippen molar-refractivity contribution in [3.63, 3.8) is 0 Å². The molecular weight excluding hydrogens is 494 g/mol. The minimum Gasteiger partial charge on any atom is -0.369 e. The number of ether oxygens (including phenoxy) is 1. The van der Waals surface area contributed by atoms with Crippen LogP contribution in [0.3, 0.4) is 0 Å². The maximum absolute atomic E-state index is 12.5. The lowest BCUT2D eigenvalue weighted by atomic mass is 9.93. The molecule has 2 aliphatic heterocycles. The van der Waals surface area contributed by atoms with Crippen molar-refractivity contribution < 1.29 is 9.53 Å². The van der Waals surface area contributed by atoms with Crippen molar-refractivity contribution in [2.24, 2.45) is 0 Å². The number of nitrogens with one attached hydrogen (secondary N) is 1. The van der Waals surface area contributed by atoms with E-state index in [9.17, 15) is 10.1 Å². The largest absolute Gasteiger partial charge is 0.369 e. The van der Waals surface area contributed by atoms with Gasteiger partial charge in [0.05, 0.1) is 40.2 Å². The molecule has 0 spiro atoms. The number of amides is 1. The van der Waals surface area contributed by atoms with Gasteiger partial charge in [0, 0.05) is 41.4 Å². The number of rotatable bonds is 5. The summed E-state index contributed by atoms with van der Waals surface area (Å²) in [6, 6.07) is 8.29. The van der Waals surface area contributed by atoms with Gasteiger partial charge in [0.2, 0.25) is 5.91 Å². The molecule has 2 atom stereocenters. The quantitative estimate of drug-likeness (QED) is 0.504. The SMILES string of the molecule is Cc1cc(Cl)cc(-c2ncnc3cc(CN4C(=O)CCC4(C)C#N)sc23)c1CC1CNCC(C)(C)O1. The molecule has 2 fully saturated rings. The van der Waals surface area contributed by atoms with Gasteiger partial charge in [-0.1, -0.05) is 11.6 Å². The maximum Gasteiger partial charge on any atom is 0.224 e. The summed E-state index contributed by atoms with van der Waals surface area (Å²) in [6.07, 6.45) is 3.31. The first-order chi connectivity index (χ1) is 17.1. The van der Waals surface area contributed by atoms with Gasteiger partial charge in [-0.2, -0.15) is 5.26 Å². The molecule has 9 heteroatoms. The van der Waals surface area contributed by atoms with Crippen LogP contribution in [0.1, 0.15) is 49.6 Å². The number of aromatic nitrogens is 2. The number of nitrogens with zero attached hydrogens (tertiary/aromatic N) is 4. The van der Waals surface area contributed by atoms with Gasteiger partial charge in [0.15, 0.2) is 0 Å². The Labute approximate surface area is 220 Å². The van der Waals surface area contributed by atoms with Crippen LogP contribution in [0.2, 0.25) is 5.02 Å². The predicted molar refractivity (Wildman–Crippen MR) is 142 cm³/mol. The molecule has 3 aromatic rings. The number of hydrogen-bond acceptors (Lipinski definition) is 7. The van der Waals surface area contributed by atoms with Gasteiger partial charge in [0.1, 0.15) is 11.9 Å². The number of carbonyl (C=O) groups excluding carboxylic acids is 1. The topological polar surface area (TPSA) is 91.1 Å². The molecule has 7 nitrogen and oxygen atoms in total. The zero-order valence-corrected chi connectivity index (χ0v) is 22.6. The number of hydrogen-bond donors (Lipinski definition) is 1. The van der Waals surface area contributed by atoms with Crippen molar-refractivity contribution in [2.45, 2.75) is 70.7 Å². The normalized spacial score (nSPS) is 23.8. The molecule has 2 aliphatic rings. The van der Waals surface area contributed by atoms with E-state index in [4.69, 9.17) is 21.3 Å². The van der Waals surface area contributed by atoms with Crippen LogP contribution in [0.25, 0.3) is 21.5 Å². The van der Waals surface area contributed by atoms with Crippen molar-refractivity contribution in [3.8, 4) is 17.3 Å². The van der Waals surface area contributed by atoms with Gasteiger partial charge in [-0.05, 0) is 63.4 Å². The lowest BCUT2D eigenvalue weighted by molar-refractivity contribution is -0.130. The Morgan fingerprint density at radius 1 is 1.31 bits per heavy atom. The highest BCUT2D eigenvalue weighted by Gasteiger charge is 2.42. The van der Waals surface area contributed by atoms with Crippen LogP contribution in [-0.4, -0.2) is 51.1 Å². The first-order valence-corrected chi connectivity index (χ1v) is 13.4. The molecule has 1 amide bonds. The van der Waals surface area contributed by atoms with Crippen molar-refractivity contribution in [1.82, 2.24) is 20.2 Å². The Morgan fingerprint density at radius 3 is 2.86 bits per heavy atom. The number of halogens is 1. The molecule has 1 N–H and O–H groups in total. The summed E-state index contributed by atoms with van der Waals surface area (Å²) in [4.78, 5) is 24.4. The van der Waals surface area contributed by atoms with Gasteiger partial charge < -0.3 is 15.0 Å². The second-order valence-corrected chi connectivity index (χ2v) is 12.2. The first kappa shape index (κ1) is 25.1. The third-order valence-corrected chi connectivity index (χ3v) is 8.51. The van der Waals surface area contributed by atoms with Crippen LogP contribution in [0.5, 0.6) is 0 Å². The third kappa shape index (κ3) is 4.73. The molecule has 2 unspecified atom stereocenters. The highest BCUT2D eigenvalue weighted by molar-refractivity contribution is 7.19. The van der Waals surface area contributed by atoms with Crippen molar-refractivity contribution in [1.29, 1.82) is 5.26 Å². The van der Waals surface area contributed by atoms with Crippen LogP contribution in [0.4, 0.5) is 0 Å². The molecule has 0 saturated carbocycles. The smallest absolute Gasteiger partial charge is 0.224 e. The minimum absolute atomic E-state index is 0.0135. The van der Waals surface area contributed by atoms with E-state index >= 15 is 0 Å². The van der Waals surface area contributed by atoms with Crippen molar-refractivity contribution in [3.05, 3.63) is 45.6 Å². The van der Waals surface area contributed by atoms with Crippen LogP contribution in [-0.2, 0) is 22.5 Å². The van der Waals surface area contributed by atoms with Gasteiger partial charge in [-0.25, -0.2) is 9.97 Å². The first-order valence-electron chi connectivity index (χ1n) is 12.2. The maximum atomic E-state index is 12.5. The second-order valence-electron chi connectivity index (χ2n) is 10.6. The molecule has 5 rings (SSSR count). The van der Waals surface area contributed by atoms with E-state index in [1.54, 1.807) is 22.6 Å². The summed E-state index contributed by atoms with van der Waals surface area (Å²) >= 11 is 8.10. The van der Waals surface area contributed by atoms with Crippen LogP contribution in [0, 0.1) is 18.3 Å². The molecule has 188 valence electrons. The summed E-state index contributed by atoms with van der Waals surface area (Å²) < 4.78 is 7.32. The number of aryl methyl sites for hydroxylation is 1. The Bertz CT molecular complexity index is 1380. The molecule has 0 radical (unpaired) electrons. The van der Waals surface area contributed by atoms with E-state index in [1.165, 1.54) is 0 Å². The number of fused-ring (bicyclic) bond motifs is 1. The average molecular weight is 524 g/mol. The van der Waals surface area contributed by atoms with Crippen molar-refractivity contribution in [2.75, 3.05) is 13.1 Å². The number of likely N-dealkylation sites (tertiary alicyclic amines) is 1. The standard InChI is InChI=1S/C27H30ClN5O2S/c1-16-7-17(28)8-21(20(16)9-18-11-30-14-26(2,3)35-18)24-25-22(31-15-32-24)10-19(36-25)12-33-23(34)5-6-27(33,4)13-29/h7-8,10,15,18,30H,5-6,9,11-12,14H2,1-4H3. The lowest BCUT2D eigenvalue weighted by Crippen LogP contribution is -2.51. The van der Waals surface area contributed by atoms with E-state index in [-0.39, 0.29) is 17.6 Å². The summed E-state index contributed by atoms with van der Waals surface area (Å²) in [6.45, 7) is 10.1. The van der Waals surface area contributed by atoms with Gasteiger partial charge in [-0.3, -0.25) is 4.79 Å². The number of nitriles is 1. The Morgan fingerprint density at radius 2 is 2.11 bits per heavy atom. The zero-order chi connectivity index (χ0) is 25.7. The predicted octanol–water partition coefficient (Wildman–Crippen LogP) is 5.03. The summed E-state index contributed by atoms with van der Waals surface area (Å²) in [5.41, 5.74) is 3.89. The lowest BCUT2D eigenvalue weighted by Gasteiger charge is -2.37. The van der Waals surface area contributed by atoms with Gasteiger partial charge >= 0.3 is 0 Å². The number of morpholine rings is 1. The minimum atomic E-state index is -0.777. The van der Waals surface area contributed by atoms with E-state index < -0.39 is 5.54 Å². The van der Waals surface area contributed by atoms with Crippen LogP contribution >= 0.6 is 22.9 Å². The van der Waals surface area contributed by atoms with Crippen molar-refractivity contribution >= 4 is 39.1 Å². The van der Waals surface area contributed by atoms with Gasteiger partial charge in [-0.15, -0.1) is 11.3 Å². The highest BCUT2D eigenvalue weighted by Crippen LogP contribution is 2.39. The number of carbonyl (C=O) groups is 1. The van der Waals surface area contributed by atoms with E-state index in [1.807, 2.05) is 25.1 Å². The summed E-state index contributed by atoms with van der Waals surface area (Å²) in [5.74, 6) is 0.0135. The number of thiophene rings is 1. The highest BCUT2D eigenvalue weighted by atomic mass is 35.5. The molecule has 2 aromatic heterocycles. The van der Waals surface area contributed by atoms with E-state index in [0.29, 0.717) is 24.4 Å². The van der Waals surface area contributed by atoms with Crippen LogP contribution < -0.4 is 5.32 Å². The molecule has 4 heterocycles. The summed E-state index contributed by atoms with van der Waals surface area (Å²) in [5, 5.41) is 13.8. The molecular formula is C27H30ClN5O2S. The monoisotopic (exact) mass is 523 g/mol. The average Bonchev–Trinajstić information content (AvgIpc) is 3.36. The van der Waals surface area contributed by atoms with E-state index in [2.05, 4.69) is 37.1 Å². The Balaban J connectivity index is 1.53. The summed E-state index contributed by atoms with van der Waals surface area (Å²) in [7, 11) is 0. The Hall–Kier alpha value is -2.57. The molecule has 2 saturated heterocycles. The third-order valence-electron chi connectivity index (χ3n) is 7.17. The molecule has 0 aliphatic carbocycles. The second kappa shape index (κ2) is 9.38. The molecule has 36 heavy (non-hydrogen) atoms. The fourth-order valence-electron chi connectivity index (χ4n) is 5.27.